The second-order valence-corrected chi connectivity index (χ2v) is 12.3. The fourth-order valence-electron chi connectivity index (χ4n) is 7.69. The molecule has 226 valence electrons. The Balaban J connectivity index is 1.29. The van der Waals surface area contributed by atoms with Gasteiger partial charge in [-0.25, -0.2) is 4.98 Å². The van der Waals surface area contributed by atoms with Gasteiger partial charge in [-0.1, -0.05) is 60.7 Å². The van der Waals surface area contributed by atoms with E-state index in [1.54, 1.807) is 0 Å². The summed E-state index contributed by atoms with van der Waals surface area (Å²) in [5.41, 5.74) is 8.57. The molecule has 0 bridgehead atoms. The van der Waals surface area contributed by atoms with Gasteiger partial charge in [-0.2, -0.15) is 10.5 Å². The minimum Gasteiger partial charge on any atom is -0.309 e. The van der Waals surface area contributed by atoms with E-state index in [2.05, 4.69) is 117 Å². The van der Waals surface area contributed by atoms with Gasteiger partial charge in [-0.05, 0) is 84.9 Å². The number of fused-ring (bicyclic) bond motifs is 10. The van der Waals surface area contributed by atoms with E-state index < -0.39 is 0 Å². The van der Waals surface area contributed by atoms with Gasteiger partial charge in [0.25, 0.3) is 0 Å². The van der Waals surface area contributed by atoms with Crippen LogP contribution >= 0.6 is 0 Å². The SMILES string of the molecule is N#Cc1ccc2c(c1)c1ccccc1n2-c1cccc(-n2c3ccccc3c3c4c5cc(C#N)ccc5n(-c5ccccc5)c4ccc32)n1. The summed E-state index contributed by atoms with van der Waals surface area (Å²) >= 11 is 0. The minimum atomic E-state index is 0.628. The third-order valence-electron chi connectivity index (χ3n) is 9.69. The predicted molar refractivity (Wildman–Crippen MR) is 197 cm³/mol. The standard InChI is InChI=1S/C43H24N6/c44-25-27-17-19-36-32(23-27)30-11-4-6-13-34(30)48(36)40-15-8-16-41(46-40)49-35-14-7-5-12-31(35)42-39(49)22-21-38-43(42)33-24-28(26-45)18-20-37(33)47(38)29-9-2-1-3-10-29/h1-24H. The van der Waals surface area contributed by atoms with Crippen LogP contribution in [0.15, 0.2) is 146 Å². The molecule has 4 heterocycles. The lowest BCUT2D eigenvalue weighted by Gasteiger charge is -2.12. The van der Waals surface area contributed by atoms with E-state index in [1.807, 2.05) is 54.6 Å². The van der Waals surface area contributed by atoms with Crippen molar-refractivity contribution in [2.75, 3.05) is 0 Å². The number of nitrogens with zero attached hydrogens (tertiary/aromatic N) is 6. The number of hydrogen-bond donors (Lipinski definition) is 0. The summed E-state index contributed by atoms with van der Waals surface area (Å²) in [5, 5.41) is 26.0. The van der Waals surface area contributed by atoms with E-state index in [0.29, 0.717) is 11.1 Å². The molecule has 0 unspecified atom stereocenters. The third kappa shape index (κ3) is 3.77. The smallest absolute Gasteiger partial charge is 0.140 e. The van der Waals surface area contributed by atoms with E-state index >= 15 is 0 Å². The maximum atomic E-state index is 9.91. The molecule has 0 aliphatic carbocycles. The van der Waals surface area contributed by atoms with Crippen molar-refractivity contribution in [1.82, 2.24) is 18.7 Å². The average Bonchev–Trinajstić information content (AvgIpc) is 3.80. The quantitative estimate of drug-likeness (QED) is 0.196. The Morgan fingerprint density at radius 3 is 1.57 bits per heavy atom. The first-order chi connectivity index (χ1) is 24.2. The van der Waals surface area contributed by atoms with Crippen LogP contribution in [0.1, 0.15) is 11.1 Å². The molecule has 0 saturated carbocycles. The summed E-state index contributed by atoms with van der Waals surface area (Å²) in [6.45, 7) is 0. The molecule has 0 fully saturated rings. The molecule has 6 heteroatoms. The molecule has 0 aliphatic heterocycles. The van der Waals surface area contributed by atoms with E-state index in [9.17, 15) is 10.5 Å². The van der Waals surface area contributed by atoms with Crippen molar-refractivity contribution in [3.63, 3.8) is 0 Å². The van der Waals surface area contributed by atoms with Crippen LogP contribution in [0.5, 0.6) is 0 Å². The molecule has 6 nitrogen and oxygen atoms in total. The molecule has 0 radical (unpaired) electrons. The van der Waals surface area contributed by atoms with Crippen LogP contribution < -0.4 is 0 Å². The van der Waals surface area contributed by atoms with Gasteiger partial charge in [0.2, 0.25) is 0 Å². The number of aromatic nitrogens is 4. The highest BCUT2D eigenvalue weighted by atomic mass is 15.1. The summed E-state index contributed by atoms with van der Waals surface area (Å²) < 4.78 is 6.71. The zero-order valence-corrected chi connectivity index (χ0v) is 26.0. The van der Waals surface area contributed by atoms with Gasteiger partial charge in [0.15, 0.2) is 0 Å². The zero-order valence-electron chi connectivity index (χ0n) is 26.0. The second-order valence-electron chi connectivity index (χ2n) is 12.3. The van der Waals surface area contributed by atoms with Crippen molar-refractivity contribution in [2.45, 2.75) is 0 Å². The summed E-state index contributed by atoms with van der Waals surface area (Å²) in [4.78, 5) is 5.34. The molecule has 49 heavy (non-hydrogen) atoms. The second kappa shape index (κ2) is 10.2. The highest BCUT2D eigenvalue weighted by molar-refractivity contribution is 6.29. The zero-order chi connectivity index (χ0) is 32.6. The van der Waals surface area contributed by atoms with Gasteiger partial charge >= 0.3 is 0 Å². The highest BCUT2D eigenvalue weighted by Crippen LogP contribution is 2.42. The number of pyridine rings is 1. The lowest BCUT2D eigenvalue weighted by molar-refractivity contribution is 1.01. The van der Waals surface area contributed by atoms with Crippen LogP contribution in [-0.2, 0) is 0 Å². The Labute approximate surface area is 280 Å². The Morgan fingerprint density at radius 1 is 0.388 bits per heavy atom. The lowest BCUT2D eigenvalue weighted by atomic mass is 10.0. The van der Waals surface area contributed by atoms with Gasteiger partial charge in [-0.3, -0.25) is 9.13 Å². The van der Waals surface area contributed by atoms with Crippen molar-refractivity contribution in [2.24, 2.45) is 0 Å². The number of hydrogen-bond acceptors (Lipinski definition) is 3. The van der Waals surface area contributed by atoms with E-state index in [4.69, 9.17) is 4.98 Å². The van der Waals surface area contributed by atoms with Gasteiger partial charge in [0, 0.05) is 38.0 Å². The molecule has 0 spiro atoms. The lowest BCUT2D eigenvalue weighted by Crippen LogP contribution is -2.03. The third-order valence-corrected chi connectivity index (χ3v) is 9.69. The summed E-state index contributed by atoms with van der Waals surface area (Å²) in [6, 6.07) is 54.1. The fourth-order valence-corrected chi connectivity index (χ4v) is 7.69. The largest absolute Gasteiger partial charge is 0.309 e. The number of para-hydroxylation sites is 3. The van der Waals surface area contributed by atoms with Gasteiger partial charge in [-0.15, -0.1) is 0 Å². The molecule has 0 amide bonds. The van der Waals surface area contributed by atoms with Gasteiger partial charge < -0.3 is 4.57 Å². The molecule has 0 saturated heterocycles. The number of benzene rings is 6. The van der Waals surface area contributed by atoms with E-state index in [0.717, 1.165) is 82.7 Å². The maximum absolute atomic E-state index is 9.91. The maximum Gasteiger partial charge on any atom is 0.140 e. The topological polar surface area (TPSA) is 75.3 Å². The first-order valence-electron chi connectivity index (χ1n) is 16.1. The Kier molecular flexibility index (Phi) is 5.61. The van der Waals surface area contributed by atoms with Crippen LogP contribution in [-0.4, -0.2) is 18.7 Å². The average molecular weight is 625 g/mol. The molecule has 10 aromatic rings. The molecule has 10 rings (SSSR count). The van der Waals surface area contributed by atoms with Crippen molar-refractivity contribution in [1.29, 1.82) is 10.5 Å². The van der Waals surface area contributed by atoms with Crippen LogP contribution in [0.25, 0.3) is 82.7 Å². The van der Waals surface area contributed by atoms with Crippen molar-refractivity contribution in [3.8, 4) is 29.5 Å². The molecule has 0 aliphatic rings. The van der Waals surface area contributed by atoms with Crippen LogP contribution in [0, 0.1) is 22.7 Å². The molecule has 0 N–H and O–H groups in total. The fraction of sp³-hybridized carbons (Fsp3) is 0. The van der Waals surface area contributed by atoms with Gasteiger partial charge in [0.05, 0.1) is 56.4 Å². The van der Waals surface area contributed by atoms with Crippen molar-refractivity contribution in [3.05, 3.63) is 157 Å². The Morgan fingerprint density at radius 2 is 0.878 bits per heavy atom. The summed E-state index contributed by atoms with van der Waals surface area (Å²) in [6.07, 6.45) is 0. The summed E-state index contributed by atoms with van der Waals surface area (Å²) in [5.74, 6) is 1.59. The van der Waals surface area contributed by atoms with Gasteiger partial charge in [0.1, 0.15) is 11.6 Å². The predicted octanol–water partition coefficient (Wildman–Crippen LogP) is 10.1. The number of nitriles is 2. The highest BCUT2D eigenvalue weighted by Gasteiger charge is 2.22. The van der Waals surface area contributed by atoms with E-state index in [1.165, 1.54) is 0 Å². The normalized spacial score (nSPS) is 11.6. The van der Waals surface area contributed by atoms with Crippen molar-refractivity contribution >= 4 is 65.4 Å². The minimum absolute atomic E-state index is 0.628. The molecular formula is C43H24N6. The summed E-state index contributed by atoms with van der Waals surface area (Å²) in [7, 11) is 0. The van der Waals surface area contributed by atoms with Crippen molar-refractivity contribution < 1.29 is 0 Å². The molecule has 4 aromatic heterocycles. The molecular weight excluding hydrogens is 601 g/mol. The molecule has 6 aromatic carbocycles. The molecule has 0 atom stereocenters. The number of rotatable bonds is 3. The van der Waals surface area contributed by atoms with E-state index in [-0.39, 0.29) is 0 Å². The van der Waals surface area contributed by atoms with Crippen LogP contribution in [0.4, 0.5) is 0 Å². The monoisotopic (exact) mass is 624 g/mol. The first-order valence-corrected chi connectivity index (χ1v) is 16.1. The Hall–Kier alpha value is -7.15. The Bertz CT molecular complexity index is 3070. The van der Waals surface area contributed by atoms with Crippen LogP contribution in [0.3, 0.4) is 0 Å². The first kappa shape index (κ1) is 27.0. The van der Waals surface area contributed by atoms with Crippen LogP contribution in [0.2, 0.25) is 0 Å².